The smallest absolute Gasteiger partial charge is 0.251 e. The molecular weight excluding hydrogens is 350 g/mol. The number of rotatable bonds is 7. The fourth-order valence-electron chi connectivity index (χ4n) is 2.95. The van der Waals surface area contributed by atoms with E-state index in [2.05, 4.69) is 15.3 Å². The van der Waals surface area contributed by atoms with Gasteiger partial charge in [0, 0.05) is 42.4 Å². The van der Waals surface area contributed by atoms with Crippen molar-refractivity contribution < 1.29 is 9.90 Å². The van der Waals surface area contributed by atoms with E-state index in [0.29, 0.717) is 18.5 Å². The number of aryl methyl sites for hydroxylation is 2. The van der Waals surface area contributed by atoms with Crippen molar-refractivity contribution in [1.82, 2.24) is 15.3 Å². The largest absolute Gasteiger partial charge is 0.396 e. The number of hydrogen-bond acceptors (Lipinski definition) is 4. The van der Waals surface area contributed by atoms with Gasteiger partial charge in [-0.1, -0.05) is 12.1 Å². The molecule has 0 saturated heterocycles. The van der Waals surface area contributed by atoms with Crippen molar-refractivity contribution in [2.45, 2.75) is 26.7 Å². The van der Waals surface area contributed by atoms with Crippen LogP contribution in [0.3, 0.4) is 0 Å². The van der Waals surface area contributed by atoms with Crippen LogP contribution in [-0.4, -0.2) is 34.1 Å². The van der Waals surface area contributed by atoms with Gasteiger partial charge in [0.1, 0.15) is 0 Å². The van der Waals surface area contributed by atoms with E-state index in [9.17, 15) is 9.90 Å². The number of benzene rings is 1. The summed E-state index contributed by atoms with van der Waals surface area (Å²) >= 11 is 0. The maximum atomic E-state index is 12.7. The maximum absolute atomic E-state index is 12.7. The molecule has 2 aromatic heterocycles. The lowest BCUT2D eigenvalue weighted by Gasteiger charge is -2.10. The summed E-state index contributed by atoms with van der Waals surface area (Å²) in [6.45, 7) is 4.50. The second-order valence-electron chi connectivity index (χ2n) is 6.93. The molecule has 1 aromatic carbocycles. The van der Waals surface area contributed by atoms with E-state index in [1.807, 2.05) is 68.7 Å². The summed E-state index contributed by atoms with van der Waals surface area (Å²) in [7, 11) is 0. The second kappa shape index (κ2) is 9.24. The molecule has 0 unspecified atom stereocenters. The Hall–Kier alpha value is -3.05. The second-order valence-corrected chi connectivity index (χ2v) is 6.93. The van der Waals surface area contributed by atoms with Gasteiger partial charge < -0.3 is 10.4 Å². The Morgan fingerprint density at radius 1 is 0.964 bits per heavy atom. The van der Waals surface area contributed by atoms with Crippen LogP contribution in [0.4, 0.5) is 0 Å². The van der Waals surface area contributed by atoms with Crippen molar-refractivity contribution in [3.05, 3.63) is 82.8 Å². The fourth-order valence-corrected chi connectivity index (χ4v) is 2.95. The van der Waals surface area contributed by atoms with Gasteiger partial charge in [0.2, 0.25) is 0 Å². The van der Waals surface area contributed by atoms with Crippen LogP contribution in [0, 0.1) is 13.8 Å². The number of aliphatic hydroxyl groups excluding tert-OH is 1. The van der Waals surface area contributed by atoms with E-state index in [1.54, 1.807) is 0 Å². The summed E-state index contributed by atoms with van der Waals surface area (Å²) in [5.74, 6) is -0.131. The van der Waals surface area contributed by atoms with Crippen molar-refractivity contribution in [1.29, 1.82) is 0 Å². The Bertz CT molecular complexity index is 935. The van der Waals surface area contributed by atoms with Crippen LogP contribution in [0.15, 0.2) is 54.9 Å². The Labute approximate surface area is 165 Å². The Morgan fingerprint density at radius 2 is 1.82 bits per heavy atom. The average Bonchev–Trinajstić information content (AvgIpc) is 2.70. The topological polar surface area (TPSA) is 75.1 Å². The van der Waals surface area contributed by atoms with Crippen LogP contribution in [0.2, 0.25) is 0 Å². The molecule has 3 aromatic rings. The number of hydrogen-bond donors (Lipinski definition) is 2. The first-order valence-corrected chi connectivity index (χ1v) is 9.43. The molecule has 144 valence electrons. The number of nitrogens with one attached hydrogen (secondary N) is 1. The molecule has 0 spiro atoms. The number of amides is 1. The first-order chi connectivity index (χ1) is 13.5. The molecule has 0 aliphatic rings. The predicted molar refractivity (Wildman–Crippen MR) is 110 cm³/mol. The molecule has 5 heteroatoms. The van der Waals surface area contributed by atoms with Crippen LogP contribution in [0.5, 0.6) is 0 Å². The zero-order valence-electron chi connectivity index (χ0n) is 16.3. The highest BCUT2D eigenvalue weighted by atomic mass is 16.3. The van der Waals surface area contributed by atoms with Crippen molar-refractivity contribution >= 4 is 5.91 Å². The Morgan fingerprint density at radius 3 is 2.50 bits per heavy atom. The maximum Gasteiger partial charge on any atom is 0.251 e. The monoisotopic (exact) mass is 375 g/mol. The molecule has 0 atom stereocenters. The summed E-state index contributed by atoms with van der Waals surface area (Å²) in [5.41, 5.74) is 6.32. The normalized spacial score (nSPS) is 10.7. The number of nitrogens with zero attached hydrogens (tertiary/aromatic N) is 2. The van der Waals surface area contributed by atoms with Crippen LogP contribution in [0.1, 0.15) is 32.7 Å². The van der Waals surface area contributed by atoms with Crippen molar-refractivity contribution in [3.8, 4) is 11.3 Å². The van der Waals surface area contributed by atoms with Gasteiger partial charge in [-0.05, 0) is 73.7 Å². The molecule has 5 nitrogen and oxygen atoms in total. The van der Waals surface area contributed by atoms with Gasteiger partial charge in [-0.25, -0.2) is 0 Å². The van der Waals surface area contributed by atoms with Gasteiger partial charge in [0.15, 0.2) is 0 Å². The van der Waals surface area contributed by atoms with E-state index in [1.165, 1.54) is 0 Å². The van der Waals surface area contributed by atoms with Gasteiger partial charge in [-0.3, -0.25) is 14.8 Å². The number of aromatic nitrogens is 2. The third-order valence-electron chi connectivity index (χ3n) is 4.53. The Balaban J connectivity index is 1.74. The van der Waals surface area contributed by atoms with Crippen molar-refractivity contribution in [2.24, 2.45) is 0 Å². The summed E-state index contributed by atoms with van der Waals surface area (Å²) in [6.07, 6.45) is 4.87. The standard InChI is InChI=1S/C23H25N3O2/c1-16-3-6-22(26-14-16)20-11-19(8-10-27)12-21(13-20)23(28)24-9-7-18-5-4-17(2)25-15-18/h3-6,11-15,27H,7-10H2,1-2H3,(H,24,28). The van der Waals surface area contributed by atoms with Gasteiger partial charge in [0.05, 0.1) is 5.69 Å². The molecule has 0 radical (unpaired) electrons. The first-order valence-electron chi connectivity index (χ1n) is 9.43. The molecule has 2 heterocycles. The molecule has 3 rings (SSSR count). The summed E-state index contributed by atoms with van der Waals surface area (Å²) in [6, 6.07) is 13.6. The van der Waals surface area contributed by atoms with E-state index >= 15 is 0 Å². The molecule has 0 fully saturated rings. The quantitative estimate of drug-likeness (QED) is 0.665. The molecule has 0 aliphatic heterocycles. The summed E-state index contributed by atoms with van der Waals surface area (Å²) < 4.78 is 0. The highest BCUT2D eigenvalue weighted by Crippen LogP contribution is 2.21. The number of aliphatic hydroxyl groups is 1. The van der Waals surface area contributed by atoms with E-state index in [-0.39, 0.29) is 12.5 Å². The molecule has 0 saturated carbocycles. The molecule has 0 bridgehead atoms. The third kappa shape index (κ3) is 5.24. The van der Waals surface area contributed by atoms with Crippen LogP contribution >= 0.6 is 0 Å². The van der Waals surface area contributed by atoms with Gasteiger partial charge in [-0.2, -0.15) is 0 Å². The lowest BCUT2D eigenvalue weighted by atomic mass is 10.0. The minimum atomic E-state index is -0.131. The Kier molecular flexibility index (Phi) is 6.50. The van der Waals surface area contributed by atoms with Crippen molar-refractivity contribution in [2.75, 3.05) is 13.2 Å². The SMILES string of the molecule is Cc1ccc(-c2cc(CCO)cc(C(=O)NCCc3ccc(C)nc3)c2)nc1. The molecule has 1 amide bonds. The lowest BCUT2D eigenvalue weighted by Crippen LogP contribution is -2.26. The number of pyridine rings is 2. The third-order valence-corrected chi connectivity index (χ3v) is 4.53. The molecule has 0 aliphatic carbocycles. The zero-order chi connectivity index (χ0) is 19.9. The highest BCUT2D eigenvalue weighted by molar-refractivity contribution is 5.95. The first kappa shape index (κ1) is 19.7. The van der Waals surface area contributed by atoms with Crippen molar-refractivity contribution in [3.63, 3.8) is 0 Å². The molecule has 28 heavy (non-hydrogen) atoms. The van der Waals surface area contributed by atoms with E-state index in [0.717, 1.165) is 40.1 Å². The van der Waals surface area contributed by atoms with E-state index < -0.39 is 0 Å². The predicted octanol–water partition coefficient (Wildman–Crippen LogP) is 3.27. The zero-order valence-corrected chi connectivity index (χ0v) is 16.3. The van der Waals surface area contributed by atoms with Crippen LogP contribution < -0.4 is 5.32 Å². The fraction of sp³-hybridized carbons (Fsp3) is 0.261. The number of carbonyl (C=O) groups excluding carboxylic acids is 1. The molecule has 2 N–H and O–H groups in total. The minimum Gasteiger partial charge on any atom is -0.396 e. The average molecular weight is 375 g/mol. The van der Waals surface area contributed by atoms with Gasteiger partial charge in [-0.15, -0.1) is 0 Å². The number of carbonyl (C=O) groups is 1. The van der Waals surface area contributed by atoms with Gasteiger partial charge >= 0.3 is 0 Å². The minimum absolute atomic E-state index is 0.0340. The van der Waals surface area contributed by atoms with Gasteiger partial charge in [0.25, 0.3) is 5.91 Å². The lowest BCUT2D eigenvalue weighted by molar-refractivity contribution is 0.0954. The highest BCUT2D eigenvalue weighted by Gasteiger charge is 2.11. The summed E-state index contributed by atoms with van der Waals surface area (Å²) in [4.78, 5) is 21.4. The van der Waals surface area contributed by atoms with Crippen LogP contribution in [-0.2, 0) is 12.8 Å². The van der Waals surface area contributed by atoms with E-state index in [4.69, 9.17) is 0 Å². The van der Waals surface area contributed by atoms with Crippen LogP contribution in [0.25, 0.3) is 11.3 Å². The summed E-state index contributed by atoms with van der Waals surface area (Å²) in [5, 5.41) is 12.3. The molecular formula is C23H25N3O2.